The average Bonchev–Trinajstić information content (AvgIpc) is 2.06. The van der Waals surface area contributed by atoms with Gasteiger partial charge in [0.2, 0.25) is 0 Å². The Bertz CT molecular complexity index is 235. The maximum atomic E-state index is 12.5. The lowest BCUT2D eigenvalue weighted by molar-refractivity contribution is 0.616. The van der Waals surface area contributed by atoms with Crippen molar-refractivity contribution < 1.29 is 4.39 Å². The largest absolute Gasteiger partial charge is 0.324 e. The third kappa shape index (κ3) is 3.75. The van der Waals surface area contributed by atoms with Gasteiger partial charge in [-0.3, -0.25) is 0 Å². The first kappa shape index (κ1) is 12.4. The van der Waals surface area contributed by atoms with Crippen LogP contribution < -0.4 is 5.73 Å². The first-order chi connectivity index (χ1) is 5.74. The van der Waals surface area contributed by atoms with Gasteiger partial charge in [0.15, 0.2) is 0 Å². The Kier molecular flexibility index (Phi) is 5.67. The molecule has 0 saturated carbocycles. The van der Waals surface area contributed by atoms with Gasteiger partial charge >= 0.3 is 0 Å². The van der Waals surface area contributed by atoms with E-state index >= 15 is 0 Å². The van der Waals surface area contributed by atoms with Gasteiger partial charge in [-0.15, -0.1) is 12.4 Å². The van der Waals surface area contributed by atoms with Crippen molar-refractivity contribution in [1.82, 2.24) is 0 Å². The minimum Gasteiger partial charge on any atom is -0.324 e. The van der Waals surface area contributed by atoms with Crippen molar-refractivity contribution in [2.75, 3.05) is 0 Å². The van der Waals surface area contributed by atoms with Crippen LogP contribution in [0.1, 0.15) is 31.4 Å². The second-order valence-electron chi connectivity index (χ2n) is 2.95. The molecule has 0 fully saturated rings. The third-order valence-corrected chi connectivity index (χ3v) is 1.90. The molecule has 0 radical (unpaired) electrons. The lowest BCUT2D eigenvalue weighted by Gasteiger charge is -2.09. The van der Waals surface area contributed by atoms with Crippen LogP contribution in [0.2, 0.25) is 0 Å². The highest BCUT2D eigenvalue weighted by Crippen LogP contribution is 2.15. The van der Waals surface area contributed by atoms with Crippen molar-refractivity contribution in [1.29, 1.82) is 0 Å². The van der Waals surface area contributed by atoms with Gasteiger partial charge in [0.1, 0.15) is 5.82 Å². The summed E-state index contributed by atoms with van der Waals surface area (Å²) in [4.78, 5) is 0. The van der Waals surface area contributed by atoms with E-state index in [4.69, 9.17) is 5.73 Å². The number of hydrogen-bond donors (Lipinski definition) is 1. The molecule has 2 N–H and O–H groups in total. The molecule has 1 nitrogen and oxygen atoms in total. The zero-order chi connectivity index (χ0) is 8.97. The van der Waals surface area contributed by atoms with Crippen molar-refractivity contribution in [2.45, 2.75) is 25.8 Å². The molecule has 0 spiro atoms. The number of benzene rings is 1. The Hall–Kier alpha value is -0.600. The molecule has 0 unspecified atom stereocenters. The summed E-state index contributed by atoms with van der Waals surface area (Å²) in [5.74, 6) is -0.206. The van der Waals surface area contributed by atoms with Crippen LogP contribution in [-0.2, 0) is 0 Å². The van der Waals surface area contributed by atoms with E-state index in [2.05, 4.69) is 6.92 Å². The van der Waals surface area contributed by atoms with E-state index in [1.165, 1.54) is 12.1 Å². The molecule has 0 aliphatic heterocycles. The van der Waals surface area contributed by atoms with Crippen molar-refractivity contribution in [3.63, 3.8) is 0 Å². The van der Waals surface area contributed by atoms with Crippen molar-refractivity contribution in [2.24, 2.45) is 5.73 Å². The average molecular weight is 204 g/mol. The summed E-state index contributed by atoms with van der Waals surface area (Å²) in [6.45, 7) is 2.09. The normalized spacial score (nSPS) is 11.9. The molecule has 1 rings (SSSR count). The van der Waals surface area contributed by atoms with Gasteiger partial charge in [0.05, 0.1) is 0 Å². The van der Waals surface area contributed by atoms with Crippen LogP contribution in [0, 0.1) is 5.82 Å². The molecule has 0 aromatic heterocycles. The summed E-state index contributed by atoms with van der Waals surface area (Å²) >= 11 is 0. The molecule has 0 aliphatic carbocycles. The van der Waals surface area contributed by atoms with Crippen LogP contribution in [0.25, 0.3) is 0 Å². The van der Waals surface area contributed by atoms with Crippen LogP contribution >= 0.6 is 12.4 Å². The standard InChI is InChI=1S/C10H14FN.ClH/c1-2-3-10(12)8-4-6-9(11)7-5-8;/h4-7,10H,2-3,12H2,1H3;1H/t10-;/m1./s1. The highest BCUT2D eigenvalue weighted by molar-refractivity contribution is 5.85. The zero-order valence-electron chi connectivity index (χ0n) is 7.66. The van der Waals surface area contributed by atoms with Gasteiger partial charge in [-0.2, -0.15) is 0 Å². The van der Waals surface area contributed by atoms with Crippen LogP contribution in [-0.4, -0.2) is 0 Å². The van der Waals surface area contributed by atoms with Crippen LogP contribution in [0.4, 0.5) is 4.39 Å². The maximum absolute atomic E-state index is 12.5. The minimum atomic E-state index is -0.206. The van der Waals surface area contributed by atoms with E-state index in [9.17, 15) is 4.39 Å². The molecule has 1 atom stereocenters. The Morgan fingerprint density at radius 2 is 1.85 bits per heavy atom. The van der Waals surface area contributed by atoms with Gasteiger partial charge in [0, 0.05) is 6.04 Å². The smallest absolute Gasteiger partial charge is 0.123 e. The highest BCUT2D eigenvalue weighted by atomic mass is 35.5. The number of halogens is 2. The molecule has 3 heteroatoms. The fraction of sp³-hybridized carbons (Fsp3) is 0.400. The van der Waals surface area contributed by atoms with E-state index in [0.717, 1.165) is 18.4 Å². The predicted molar refractivity (Wildman–Crippen MR) is 55.5 cm³/mol. The van der Waals surface area contributed by atoms with Gasteiger partial charge in [0.25, 0.3) is 0 Å². The quantitative estimate of drug-likeness (QED) is 0.803. The second-order valence-corrected chi connectivity index (χ2v) is 2.95. The monoisotopic (exact) mass is 203 g/mol. The molecule has 13 heavy (non-hydrogen) atoms. The molecule has 1 aromatic carbocycles. The molecular weight excluding hydrogens is 189 g/mol. The Morgan fingerprint density at radius 3 is 2.31 bits per heavy atom. The summed E-state index contributed by atoms with van der Waals surface area (Å²) in [6, 6.07) is 6.44. The molecule has 0 heterocycles. The Morgan fingerprint density at radius 1 is 1.31 bits per heavy atom. The molecular formula is C10H15ClFN. The van der Waals surface area contributed by atoms with Crippen LogP contribution in [0.5, 0.6) is 0 Å². The SMILES string of the molecule is CCC[C@@H](N)c1ccc(F)cc1.Cl. The highest BCUT2D eigenvalue weighted by Gasteiger charge is 2.03. The minimum absolute atomic E-state index is 0. The predicted octanol–water partition coefficient (Wildman–Crippen LogP) is 3.05. The van der Waals surface area contributed by atoms with Crippen LogP contribution in [0.3, 0.4) is 0 Å². The topological polar surface area (TPSA) is 26.0 Å². The summed E-state index contributed by atoms with van der Waals surface area (Å²) in [5.41, 5.74) is 6.85. The van der Waals surface area contributed by atoms with Crippen molar-refractivity contribution in [3.8, 4) is 0 Å². The zero-order valence-corrected chi connectivity index (χ0v) is 8.48. The first-order valence-electron chi connectivity index (χ1n) is 4.25. The van der Waals surface area contributed by atoms with Crippen molar-refractivity contribution >= 4 is 12.4 Å². The lowest BCUT2D eigenvalue weighted by Crippen LogP contribution is -2.09. The third-order valence-electron chi connectivity index (χ3n) is 1.90. The molecule has 74 valence electrons. The first-order valence-corrected chi connectivity index (χ1v) is 4.25. The fourth-order valence-electron chi connectivity index (χ4n) is 1.19. The van der Waals surface area contributed by atoms with Crippen molar-refractivity contribution in [3.05, 3.63) is 35.6 Å². The van der Waals surface area contributed by atoms with E-state index in [0.29, 0.717) is 0 Å². The summed E-state index contributed by atoms with van der Waals surface area (Å²) in [6.07, 6.45) is 2.00. The Balaban J connectivity index is 0.00000144. The fourth-order valence-corrected chi connectivity index (χ4v) is 1.19. The lowest BCUT2D eigenvalue weighted by atomic mass is 10.0. The van der Waals surface area contributed by atoms with Crippen LogP contribution in [0.15, 0.2) is 24.3 Å². The molecule has 0 aliphatic rings. The number of rotatable bonds is 3. The van der Waals surface area contributed by atoms with Gasteiger partial charge in [-0.25, -0.2) is 4.39 Å². The van der Waals surface area contributed by atoms with Gasteiger partial charge < -0.3 is 5.73 Å². The summed E-state index contributed by atoms with van der Waals surface area (Å²) in [5, 5.41) is 0. The molecule has 0 amide bonds. The van der Waals surface area contributed by atoms with Gasteiger partial charge in [-0.05, 0) is 24.1 Å². The number of nitrogens with two attached hydrogens (primary N) is 1. The summed E-state index contributed by atoms with van der Waals surface area (Å²) < 4.78 is 12.5. The van der Waals surface area contributed by atoms with E-state index in [-0.39, 0.29) is 24.3 Å². The maximum Gasteiger partial charge on any atom is 0.123 e. The Labute approximate surface area is 84.5 Å². The van der Waals surface area contributed by atoms with Gasteiger partial charge in [-0.1, -0.05) is 25.5 Å². The van der Waals surface area contributed by atoms with E-state index in [1.54, 1.807) is 12.1 Å². The molecule has 0 bridgehead atoms. The second kappa shape index (κ2) is 5.95. The molecule has 1 aromatic rings. The van der Waals surface area contributed by atoms with E-state index < -0.39 is 0 Å². The summed E-state index contributed by atoms with van der Waals surface area (Å²) in [7, 11) is 0. The van der Waals surface area contributed by atoms with E-state index in [1.807, 2.05) is 0 Å². The number of hydrogen-bond acceptors (Lipinski definition) is 1. The molecule has 0 saturated heterocycles.